The lowest BCUT2D eigenvalue weighted by atomic mass is 10.0. The van der Waals surface area contributed by atoms with Gasteiger partial charge in [0.2, 0.25) is 0 Å². The Bertz CT molecular complexity index is 1390. The molecule has 0 rings (SSSR count). The number of allylic oxidation sites excluding steroid dienone is 12. The highest BCUT2D eigenvalue weighted by Crippen LogP contribution is 2.17. The Morgan fingerprint density at radius 1 is 0.280 bits per heavy atom. The summed E-state index contributed by atoms with van der Waals surface area (Å²) in [6.45, 7) is 6.49. The maximum absolute atomic E-state index is 12.8. The number of hydrogen-bond acceptors (Lipinski definition) is 6. The van der Waals surface area contributed by atoms with Gasteiger partial charge in [0.15, 0.2) is 6.10 Å². The Morgan fingerprint density at radius 2 is 0.520 bits per heavy atom. The molecular formula is C69H122O6. The first-order chi connectivity index (χ1) is 37.0. The van der Waals surface area contributed by atoms with Crippen LogP contribution in [0.2, 0.25) is 0 Å². The second-order valence-electron chi connectivity index (χ2n) is 21.6. The molecule has 0 aromatic carbocycles. The van der Waals surface area contributed by atoms with Crippen LogP contribution < -0.4 is 0 Å². The lowest BCUT2D eigenvalue weighted by molar-refractivity contribution is -0.167. The predicted octanol–water partition coefficient (Wildman–Crippen LogP) is 22.1. The van der Waals surface area contributed by atoms with Crippen LogP contribution >= 0.6 is 0 Å². The fourth-order valence-electron chi connectivity index (χ4n) is 9.35. The summed E-state index contributed by atoms with van der Waals surface area (Å²) in [6.07, 6.45) is 82.3. The number of hydrogen-bond donors (Lipinski definition) is 0. The van der Waals surface area contributed by atoms with E-state index < -0.39 is 6.10 Å². The number of ether oxygens (including phenoxy) is 3. The summed E-state index contributed by atoms with van der Waals surface area (Å²) in [5.41, 5.74) is 0. The molecule has 1 atom stereocenters. The van der Waals surface area contributed by atoms with Crippen molar-refractivity contribution in [2.24, 2.45) is 0 Å². The molecule has 1 unspecified atom stereocenters. The predicted molar refractivity (Wildman–Crippen MR) is 325 cm³/mol. The van der Waals surface area contributed by atoms with Gasteiger partial charge in [0.1, 0.15) is 13.2 Å². The molecular weight excluding hydrogens is 925 g/mol. The number of esters is 3. The zero-order valence-electron chi connectivity index (χ0n) is 49.8. The van der Waals surface area contributed by atoms with E-state index in [0.717, 1.165) is 103 Å². The van der Waals surface area contributed by atoms with Gasteiger partial charge in [0.05, 0.1) is 0 Å². The molecule has 0 spiro atoms. The van der Waals surface area contributed by atoms with E-state index in [1.807, 2.05) is 0 Å². The van der Waals surface area contributed by atoms with Crippen molar-refractivity contribution in [3.63, 3.8) is 0 Å². The monoisotopic (exact) mass is 1050 g/mol. The number of unbranched alkanes of at least 4 members (excludes halogenated alkanes) is 36. The third kappa shape index (κ3) is 61.6. The Balaban J connectivity index is 4.05. The molecule has 0 amide bonds. The van der Waals surface area contributed by atoms with Crippen molar-refractivity contribution in [3.8, 4) is 0 Å². The van der Waals surface area contributed by atoms with E-state index in [0.29, 0.717) is 19.3 Å². The van der Waals surface area contributed by atoms with Crippen LogP contribution in [0.3, 0.4) is 0 Å². The van der Waals surface area contributed by atoms with Crippen molar-refractivity contribution in [2.45, 2.75) is 335 Å². The van der Waals surface area contributed by atoms with Crippen LogP contribution in [0.4, 0.5) is 0 Å². The molecule has 0 fully saturated rings. The minimum atomic E-state index is -0.779. The van der Waals surface area contributed by atoms with Crippen molar-refractivity contribution in [3.05, 3.63) is 72.9 Å². The minimum absolute atomic E-state index is 0.0780. The second-order valence-corrected chi connectivity index (χ2v) is 21.6. The van der Waals surface area contributed by atoms with E-state index in [9.17, 15) is 14.4 Å². The molecule has 0 saturated heterocycles. The Kier molecular flexibility index (Phi) is 60.7. The first kappa shape index (κ1) is 71.8. The summed E-state index contributed by atoms with van der Waals surface area (Å²) in [5.74, 6) is -0.886. The van der Waals surface area contributed by atoms with Crippen LogP contribution in [0.1, 0.15) is 329 Å². The van der Waals surface area contributed by atoms with Crippen LogP contribution in [0.5, 0.6) is 0 Å². The minimum Gasteiger partial charge on any atom is -0.462 e. The van der Waals surface area contributed by atoms with Crippen LogP contribution in [-0.2, 0) is 28.6 Å². The summed E-state index contributed by atoms with van der Waals surface area (Å²) in [7, 11) is 0. The van der Waals surface area contributed by atoms with Gasteiger partial charge in [-0.1, -0.05) is 293 Å². The lowest BCUT2D eigenvalue weighted by Crippen LogP contribution is -2.30. The van der Waals surface area contributed by atoms with Crippen molar-refractivity contribution in [1.82, 2.24) is 0 Å². The van der Waals surface area contributed by atoms with E-state index in [2.05, 4.69) is 93.7 Å². The van der Waals surface area contributed by atoms with Gasteiger partial charge in [0, 0.05) is 19.3 Å². The number of carbonyl (C=O) groups is 3. The Hall–Kier alpha value is -3.15. The average molecular weight is 1050 g/mol. The van der Waals surface area contributed by atoms with Gasteiger partial charge in [0.25, 0.3) is 0 Å². The van der Waals surface area contributed by atoms with Gasteiger partial charge < -0.3 is 14.2 Å². The van der Waals surface area contributed by atoms with Gasteiger partial charge in [-0.2, -0.15) is 0 Å². The van der Waals surface area contributed by atoms with E-state index >= 15 is 0 Å². The molecule has 6 nitrogen and oxygen atoms in total. The molecule has 0 N–H and O–H groups in total. The molecule has 6 heteroatoms. The Labute approximate surface area is 465 Å². The van der Waals surface area contributed by atoms with E-state index in [-0.39, 0.29) is 31.1 Å². The van der Waals surface area contributed by atoms with Crippen molar-refractivity contribution in [2.75, 3.05) is 13.2 Å². The molecule has 434 valence electrons. The largest absolute Gasteiger partial charge is 0.462 e. The Morgan fingerprint density at radius 3 is 0.813 bits per heavy atom. The molecule has 0 aliphatic carbocycles. The molecule has 0 aliphatic heterocycles. The third-order valence-electron chi connectivity index (χ3n) is 14.2. The van der Waals surface area contributed by atoms with Gasteiger partial charge >= 0.3 is 17.9 Å². The van der Waals surface area contributed by atoms with E-state index in [4.69, 9.17) is 14.2 Å². The normalized spacial score (nSPS) is 12.5. The highest BCUT2D eigenvalue weighted by Gasteiger charge is 2.19. The summed E-state index contributed by atoms with van der Waals surface area (Å²) in [6, 6.07) is 0. The van der Waals surface area contributed by atoms with E-state index in [1.165, 1.54) is 186 Å². The standard InChI is InChI=1S/C69H122O6/c1-4-7-10-13-16-18-20-22-24-26-28-29-30-31-32-33-34-35-36-37-38-39-41-42-44-46-48-50-53-56-59-62-68(71)74-65-66(64-73-67(70)61-58-55-52-15-12-9-6-3)75-69(72)63-60-57-54-51-49-47-45-43-40-27-25-23-21-19-17-14-11-8-5-2/h8,11,17,19-20,22-23,25-26,28,40,43,66H,4-7,9-10,12-16,18,21,24,27,29-39,41-42,44-65H2,1-3H3/b11-8-,19-17-,22-20-,25-23-,28-26-,43-40-. The highest BCUT2D eigenvalue weighted by molar-refractivity contribution is 5.71. The molecule has 0 saturated carbocycles. The van der Waals surface area contributed by atoms with Gasteiger partial charge in [-0.05, 0) is 89.9 Å². The first-order valence-corrected chi connectivity index (χ1v) is 32.4. The highest BCUT2D eigenvalue weighted by atomic mass is 16.6. The molecule has 0 heterocycles. The van der Waals surface area contributed by atoms with Crippen LogP contribution in [0.15, 0.2) is 72.9 Å². The smallest absolute Gasteiger partial charge is 0.306 e. The van der Waals surface area contributed by atoms with Gasteiger partial charge in [-0.25, -0.2) is 0 Å². The van der Waals surface area contributed by atoms with Crippen LogP contribution in [-0.4, -0.2) is 37.2 Å². The van der Waals surface area contributed by atoms with Gasteiger partial charge in [-0.15, -0.1) is 0 Å². The molecule has 0 radical (unpaired) electrons. The fourth-order valence-corrected chi connectivity index (χ4v) is 9.35. The molecule has 0 bridgehead atoms. The quantitative estimate of drug-likeness (QED) is 0.0261. The summed E-state index contributed by atoms with van der Waals surface area (Å²) >= 11 is 0. The number of carbonyl (C=O) groups excluding carboxylic acids is 3. The van der Waals surface area contributed by atoms with Crippen molar-refractivity contribution >= 4 is 17.9 Å². The zero-order valence-corrected chi connectivity index (χ0v) is 49.8. The van der Waals surface area contributed by atoms with Crippen molar-refractivity contribution in [1.29, 1.82) is 0 Å². The maximum Gasteiger partial charge on any atom is 0.306 e. The summed E-state index contributed by atoms with van der Waals surface area (Å²) in [4.78, 5) is 38.1. The summed E-state index contributed by atoms with van der Waals surface area (Å²) in [5, 5.41) is 0. The number of rotatable bonds is 59. The topological polar surface area (TPSA) is 78.9 Å². The third-order valence-corrected chi connectivity index (χ3v) is 14.2. The lowest BCUT2D eigenvalue weighted by Gasteiger charge is -2.18. The first-order valence-electron chi connectivity index (χ1n) is 32.4. The van der Waals surface area contributed by atoms with E-state index in [1.54, 1.807) is 0 Å². The van der Waals surface area contributed by atoms with Crippen LogP contribution in [0.25, 0.3) is 0 Å². The SMILES string of the molecule is CC/C=C\C/C=C\C/C=C\C/C=C\CCCCCCCCC(=O)OC(COC(=O)CCCCCCCCC)COC(=O)CCCCCCCCCCCCCCCCCCCCC/C=C\C/C=C\CCCCCCC. The summed E-state index contributed by atoms with van der Waals surface area (Å²) < 4.78 is 16.8. The zero-order chi connectivity index (χ0) is 54.3. The second kappa shape index (κ2) is 63.4. The molecule has 75 heavy (non-hydrogen) atoms. The fraction of sp³-hybridized carbons (Fsp3) is 0.783. The molecule has 0 aliphatic rings. The average Bonchev–Trinajstić information content (AvgIpc) is 3.41. The molecule has 0 aromatic heterocycles. The molecule has 0 aromatic rings. The maximum atomic E-state index is 12.8. The van der Waals surface area contributed by atoms with Crippen molar-refractivity contribution < 1.29 is 28.6 Å². The van der Waals surface area contributed by atoms with Crippen LogP contribution in [0, 0.1) is 0 Å². The van der Waals surface area contributed by atoms with Gasteiger partial charge in [-0.3, -0.25) is 14.4 Å².